The first kappa shape index (κ1) is 19.2. The number of thioether (sulfide) groups is 1. The van der Waals surface area contributed by atoms with Gasteiger partial charge in [-0.1, -0.05) is 24.0 Å². The molecule has 0 atom stereocenters. The number of hydrogen-bond donors (Lipinski definition) is 1. The topological polar surface area (TPSA) is 71.8 Å². The molecule has 2 amide bonds. The summed E-state index contributed by atoms with van der Waals surface area (Å²) in [6.45, 7) is 0.399. The van der Waals surface area contributed by atoms with Crippen molar-refractivity contribution in [1.29, 1.82) is 0 Å². The van der Waals surface area contributed by atoms with Gasteiger partial charge in [0.2, 0.25) is 5.91 Å². The van der Waals surface area contributed by atoms with Crippen LogP contribution in [0.2, 0.25) is 0 Å². The fourth-order valence-electron chi connectivity index (χ4n) is 2.49. The number of methoxy groups -OCH3 is 1. The van der Waals surface area contributed by atoms with Gasteiger partial charge in [-0.3, -0.25) is 14.5 Å². The minimum atomic E-state index is -0.156. The molecule has 6 nitrogen and oxygen atoms in total. The zero-order valence-corrected chi connectivity index (χ0v) is 16.3. The lowest BCUT2D eigenvalue weighted by molar-refractivity contribution is -0.122. The molecule has 1 N–H and O–H groups in total. The van der Waals surface area contributed by atoms with Gasteiger partial charge in [-0.05, 0) is 42.8 Å². The Morgan fingerprint density at radius 3 is 2.78 bits per heavy atom. The number of furan rings is 1. The van der Waals surface area contributed by atoms with E-state index in [-0.39, 0.29) is 11.8 Å². The van der Waals surface area contributed by atoms with Crippen molar-refractivity contribution in [2.45, 2.75) is 12.8 Å². The summed E-state index contributed by atoms with van der Waals surface area (Å²) >= 11 is 6.52. The van der Waals surface area contributed by atoms with E-state index in [1.165, 1.54) is 16.7 Å². The molecule has 1 aromatic carbocycles. The number of carbonyl (C=O) groups is 2. The maximum absolute atomic E-state index is 12.5. The molecule has 2 heterocycles. The quantitative estimate of drug-likeness (QED) is 0.559. The van der Waals surface area contributed by atoms with Crippen LogP contribution in [0.15, 0.2) is 52.0 Å². The highest BCUT2D eigenvalue weighted by Gasteiger charge is 2.31. The van der Waals surface area contributed by atoms with Crippen LogP contribution in [-0.4, -0.2) is 34.7 Å². The first-order valence-electron chi connectivity index (χ1n) is 8.29. The van der Waals surface area contributed by atoms with E-state index in [0.717, 1.165) is 5.75 Å². The van der Waals surface area contributed by atoms with Gasteiger partial charge in [-0.2, -0.15) is 0 Å². The van der Waals surface area contributed by atoms with Gasteiger partial charge in [0.15, 0.2) is 0 Å². The second-order valence-electron chi connectivity index (χ2n) is 5.73. The van der Waals surface area contributed by atoms with Crippen molar-refractivity contribution in [3.8, 4) is 5.75 Å². The van der Waals surface area contributed by atoms with Gasteiger partial charge in [0, 0.05) is 24.7 Å². The molecule has 0 aliphatic carbocycles. The van der Waals surface area contributed by atoms with Crippen LogP contribution in [0.4, 0.5) is 5.69 Å². The Morgan fingerprint density at radius 2 is 2.11 bits per heavy atom. The summed E-state index contributed by atoms with van der Waals surface area (Å²) in [4.78, 5) is 26.6. The van der Waals surface area contributed by atoms with Crippen LogP contribution in [0.3, 0.4) is 0 Å². The van der Waals surface area contributed by atoms with Crippen LogP contribution in [-0.2, 0) is 9.59 Å². The molecule has 1 aliphatic rings. The third-order valence-electron chi connectivity index (χ3n) is 3.85. The molecular formula is C19H18N2O4S2. The predicted molar refractivity (Wildman–Crippen MR) is 109 cm³/mol. The number of hydrogen-bond acceptors (Lipinski definition) is 6. The lowest BCUT2D eigenvalue weighted by atomic mass is 10.2. The second kappa shape index (κ2) is 8.88. The molecule has 0 spiro atoms. The molecule has 1 aromatic heterocycles. The maximum atomic E-state index is 12.5. The summed E-state index contributed by atoms with van der Waals surface area (Å²) in [6.07, 6.45) is 4.03. The number of nitrogens with zero attached hydrogens (tertiary/aromatic N) is 1. The number of ether oxygens (including phenoxy) is 1. The number of rotatable bonds is 7. The molecule has 1 aliphatic heterocycles. The average molecular weight is 402 g/mol. The molecule has 1 saturated heterocycles. The number of carbonyl (C=O) groups excluding carboxylic acids is 2. The number of anilines is 1. The lowest BCUT2D eigenvalue weighted by Gasteiger charge is -2.14. The van der Waals surface area contributed by atoms with Crippen LogP contribution in [0.25, 0.3) is 6.08 Å². The number of nitrogens with one attached hydrogen (secondary N) is 1. The number of amides is 2. The lowest BCUT2D eigenvalue weighted by Crippen LogP contribution is -2.29. The van der Waals surface area contributed by atoms with Crippen LogP contribution in [0, 0.1) is 0 Å². The third kappa shape index (κ3) is 4.99. The second-order valence-corrected chi connectivity index (χ2v) is 7.40. The first-order valence-corrected chi connectivity index (χ1v) is 9.52. The van der Waals surface area contributed by atoms with Gasteiger partial charge < -0.3 is 14.5 Å². The van der Waals surface area contributed by atoms with Crippen LogP contribution in [0.1, 0.15) is 18.6 Å². The highest BCUT2D eigenvalue weighted by molar-refractivity contribution is 8.26. The van der Waals surface area contributed by atoms with Crippen molar-refractivity contribution in [1.82, 2.24) is 4.90 Å². The molecule has 2 aromatic rings. The minimum absolute atomic E-state index is 0.114. The van der Waals surface area contributed by atoms with Gasteiger partial charge in [0.25, 0.3) is 5.91 Å². The highest BCUT2D eigenvalue weighted by Crippen LogP contribution is 2.32. The highest BCUT2D eigenvalue weighted by atomic mass is 32.2. The largest absolute Gasteiger partial charge is 0.497 e. The van der Waals surface area contributed by atoms with E-state index in [2.05, 4.69) is 5.32 Å². The van der Waals surface area contributed by atoms with E-state index < -0.39 is 0 Å². The summed E-state index contributed by atoms with van der Waals surface area (Å²) in [5.74, 6) is 1.06. The summed E-state index contributed by atoms with van der Waals surface area (Å²) < 4.78 is 10.8. The van der Waals surface area contributed by atoms with Crippen molar-refractivity contribution in [3.05, 3.63) is 53.3 Å². The molecule has 0 radical (unpaired) electrons. The van der Waals surface area contributed by atoms with Crippen molar-refractivity contribution in [3.63, 3.8) is 0 Å². The average Bonchev–Trinajstić information content (AvgIpc) is 3.26. The fourth-order valence-corrected chi connectivity index (χ4v) is 3.78. The summed E-state index contributed by atoms with van der Waals surface area (Å²) in [5.41, 5.74) is 0.702. The molecular weight excluding hydrogens is 384 g/mol. The number of thiocarbonyl (C=S) groups is 1. The monoisotopic (exact) mass is 402 g/mol. The molecule has 3 rings (SSSR count). The van der Waals surface area contributed by atoms with E-state index in [4.69, 9.17) is 21.4 Å². The molecule has 140 valence electrons. The normalized spacial score (nSPS) is 15.4. The van der Waals surface area contributed by atoms with Crippen molar-refractivity contribution >= 4 is 51.9 Å². The molecule has 0 unspecified atom stereocenters. The van der Waals surface area contributed by atoms with Gasteiger partial charge in [-0.15, -0.1) is 0 Å². The Kier molecular flexibility index (Phi) is 6.31. The van der Waals surface area contributed by atoms with Gasteiger partial charge in [0.05, 0.1) is 18.3 Å². The van der Waals surface area contributed by atoms with E-state index in [1.807, 2.05) is 0 Å². The Labute approximate surface area is 166 Å². The molecule has 0 saturated carbocycles. The van der Waals surface area contributed by atoms with Crippen molar-refractivity contribution < 1.29 is 18.7 Å². The van der Waals surface area contributed by atoms with Crippen LogP contribution in [0.5, 0.6) is 5.75 Å². The fraction of sp³-hybridized carbons (Fsp3) is 0.211. The Balaban J connectivity index is 1.48. The number of benzene rings is 1. The molecule has 1 fully saturated rings. The van der Waals surface area contributed by atoms with Gasteiger partial charge >= 0.3 is 0 Å². The van der Waals surface area contributed by atoms with Gasteiger partial charge in [0.1, 0.15) is 15.8 Å². The van der Waals surface area contributed by atoms with Crippen LogP contribution >= 0.6 is 24.0 Å². The van der Waals surface area contributed by atoms with E-state index in [0.29, 0.717) is 40.1 Å². The summed E-state index contributed by atoms with van der Waals surface area (Å²) in [7, 11) is 1.59. The maximum Gasteiger partial charge on any atom is 0.266 e. The molecule has 8 heteroatoms. The van der Waals surface area contributed by atoms with E-state index in [1.54, 1.807) is 55.8 Å². The van der Waals surface area contributed by atoms with Crippen molar-refractivity contribution in [2.24, 2.45) is 0 Å². The smallest absolute Gasteiger partial charge is 0.266 e. The zero-order chi connectivity index (χ0) is 19.2. The predicted octanol–water partition coefficient (Wildman–Crippen LogP) is 3.91. The Bertz CT molecular complexity index is 860. The Hall–Kier alpha value is -2.58. The standard InChI is InChI=1S/C19H18N2O4S2/c1-24-14-8-6-13(7-9-14)20-17(22)5-2-10-21-18(23)16(27-19(21)26)12-15-4-3-11-25-15/h3-4,6-9,11-12H,2,5,10H2,1H3,(H,20,22)/b16-12-. The van der Waals surface area contributed by atoms with Crippen molar-refractivity contribution in [2.75, 3.05) is 19.0 Å². The SMILES string of the molecule is COc1ccc(NC(=O)CCCN2C(=O)/C(=C/c3ccco3)SC2=S)cc1. The summed E-state index contributed by atoms with van der Waals surface area (Å²) in [6, 6.07) is 10.6. The van der Waals surface area contributed by atoms with E-state index >= 15 is 0 Å². The molecule has 27 heavy (non-hydrogen) atoms. The van der Waals surface area contributed by atoms with E-state index in [9.17, 15) is 9.59 Å². The Morgan fingerprint density at radius 1 is 1.33 bits per heavy atom. The third-order valence-corrected chi connectivity index (χ3v) is 5.23. The first-order chi connectivity index (χ1) is 13.1. The van der Waals surface area contributed by atoms with Gasteiger partial charge in [-0.25, -0.2) is 0 Å². The zero-order valence-electron chi connectivity index (χ0n) is 14.6. The van der Waals surface area contributed by atoms with Crippen LogP contribution < -0.4 is 10.1 Å². The molecule has 0 bridgehead atoms. The summed E-state index contributed by atoms with van der Waals surface area (Å²) in [5, 5.41) is 2.82. The minimum Gasteiger partial charge on any atom is -0.497 e.